The second-order valence-corrected chi connectivity index (χ2v) is 8.79. The highest BCUT2D eigenvalue weighted by Gasteiger charge is 2.54. The number of hydrogen-bond acceptors (Lipinski definition) is 6. The fourth-order valence-electron chi connectivity index (χ4n) is 3.46. The van der Waals surface area contributed by atoms with Gasteiger partial charge in [0, 0.05) is 6.54 Å². The molecule has 8 nitrogen and oxygen atoms in total. The predicted octanol–water partition coefficient (Wildman–Crippen LogP) is 0.998. The van der Waals surface area contributed by atoms with Crippen molar-refractivity contribution in [1.82, 2.24) is 19.2 Å². The molecule has 0 N–H and O–H groups in total. The molecule has 1 saturated heterocycles. The van der Waals surface area contributed by atoms with Crippen LogP contribution in [-0.4, -0.2) is 58.2 Å². The normalized spacial score (nSPS) is 22.8. The molecule has 0 unspecified atom stereocenters. The van der Waals surface area contributed by atoms with Gasteiger partial charge in [-0.05, 0) is 12.0 Å². The van der Waals surface area contributed by atoms with Crippen LogP contribution in [0, 0.1) is 11.8 Å². The Hall–Kier alpha value is -2.00. The number of nitrogens with zero attached hydrogens (tertiary/aromatic N) is 4. The second-order valence-electron chi connectivity index (χ2n) is 6.69. The van der Waals surface area contributed by atoms with E-state index < -0.39 is 33.8 Å². The third-order valence-corrected chi connectivity index (χ3v) is 5.90. The van der Waals surface area contributed by atoms with Gasteiger partial charge in [0.15, 0.2) is 0 Å². The Balaban J connectivity index is 1.97. The molecule has 2 aliphatic heterocycles. The van der Waals surface area contributed by atoms with Gasteiger partial charge in [0.05, 0.1) is 47.9 Å². The molecule has 26 heavy (non-hydrogen) atoms. The average molecular weight is 399 g/mol. The zero-order valence-corrected chi connectivity index (χ0v) is 16.2. The SMILES string of the molecule is CC(C)[C@H]1C(=O)N(S(C)(=O)=O)C2=CCN(C(=O)c3cnc(CCl)cn3)[C@@H]21. The van der Waals surface area contributed by atoms with E-state index >= 15 is 0 Å². The highest BCUT2D eigenvalue weighted by Crippen LogP contribution is 2.41. The summed E-state index contributed by atoms with van der Waals surface area (Å²) in [6.07, 6.45) is 5.37. The maximum Gasteiger partial charge on any atom is 0.274 e. The van der Waals surface area contributed by atoms with Crippen LogP contribution in [0.3, 0.4) is 0 Å². The van der Waals surface area contributed by atoms with Gasteiger partial charge in [-0.15, -0.1) is 11.6 Å². The summed E-state index contributed by atoms with van der Waals surface area (Å²) in [5.41, 5.74) is 1.01. The maximum absolute atomic E-state index is 12.9. The quantitative estimate of drug-likeness (QED) is 0.701. The topological polar surface area (TPSA) is 101 Å². The molecule has 1 fully saturated rings. The van der Waals surface area contributed by atoms with Gasteiger partial charge in [-0.1, -0.05) is 13.8 Å². The van der Waals surface area contributed by atoms with E-state index in [-0.39, 0.29) is 24.0 Å². The van der Waals surface area contributed by atoms with Crippen LogP contribution in [0.25, 0.3) is 0 Å². The molecule has 0 aromatic carbocycles. The van der Waals surface area contributed by atoms with Crippen molar-refractivity contribution in [2.75, 3.05) is 12.8 Å². The van der Waals surface area contributed by atoms with Crippen LogP contribution in [0.4, 0.5) is 0 Å². The molecule has 10 heteroatoms. The number of aromatic nitrogens is 2. The summed E-state index contributed by atoms with van der Waals surface area (Å²) in [6, 6.07) is -0.626. The van der Waals surface area contributed by atoms with Gasteiger partial charge in [-0.2, -0.15) is 0 Å². The Kier molecular flexibility index (Phi) is 4.78. The number of carbonyl (C=O) groups is 2. The summed E-state index contributed by atoms with van der Waals surface area (Å²) < 4.78 is 25.0. The number of alkyl halides is 1. The Morgan fingerprint density at radius 2 is 2.04 bits per heavy atom. The first-order chi connectivity index (χ1) is 12.2. The van der Waals surface area contributed by atoms with Crippen molar-refractivity contribution in [3.05, 3.63) is 35.6 Å². The molecule has 0 saturated carbocycles. The van der Waals surface area contributed by atoms with Crippen molar-refractivity contribution in [1.29, 1.82) is 0 Å². The van der Waals surface area contributed by atoms with Crippen LogP contribution < -0.4 is 0 Å². The number of rotatable bonds is 4. The minimum Gasteiger partial charge on any atom is -0.324 e. The van der Waals surface area contributed by atoms with Crippen molar-refractivity contribution in [3.63, 3.8) is 0 Å². The van der Waals surface area contributed by atoms with Gasteiger partial charge < -0.3 is 4.90 Å². The Morgan fingerprint density at radius 1 is 1.35 bits per heavy atom. The van der Waals surface area contributed by atoms with Crippen LogP contribution in [0.15, 0.2) is 24.2 Å². The summed E-state index contributed by atoms with van der Waals surface area (Å²) >= 11 is 5.68. The van der Waals surface area contributed by atoms with Crippen LogP contribution >= 0.6 is 11.6 Å². The smallest absolute Gasteiger partial charge is 0.274 e. The van der Waals surface area contributed by atoms with E-state index in [1.54, 1.807) is 6.08 Å². The van der Waals surface area contributed by atoms with E-state index in [4.69, 9.17) is 11.6 Å². The summed E-state index contributed by atoms with van der Waals surface area (Å²) in [5.74, 6) is -1.48. The minimum atomic E-state index is -3.76. The molecule has 2 aliphatic rings. The molecule has 1 aromatic rings. The summed E-state index contributed by atoms with van der Waals surface area (Å²) in [6.45, 7) is 3.88. The third-order valence-electron chi connectivity index (χ3n) is 4.57. The monoisotopic (exact) mass is 398 g/mol. The van der Waals surface area contributed by atoms with Crippen molar-refractivity contribution in [2.24, 2.45) is 11.8 Å². The van der Waals surface area contributed by atoms with Crippen LogP contribution in [0.1, 0.15) is 30.0 Å². The summed E-state index contributed by atoms with van der Waals surface area (Å²) in [7, 11) is -3.76. The van der Waals surface area contributed by atoms with Gasteiger partial charge in [-0.3, -0.25) is 14.6 Å². The van der Waals surface area contributed by atoms with Crippen molar-refractivity contribution >= 4 is 33.4 Å². The predicted molar refractivity (Wildman–Crippen MR) is 94.5 cm³/mol. The fourth-order valence-corrected chi connectivity index (χ4v) is 4.61. The number of carbonyl (C=O) groups excluding carboxylic acids is 2. The zero-order chi connectivity index (χ0) is 19.2. The standard InChI is InChI=1S/C16H19ClN4O4S/c1-9(2)13-14-12(21(16(13)23)26(3,24)25)4-5-20(14)15(22)11-8-18-10(6-17)7-19-11/h4,7-9,13-14H,5-6H2,1-3H3/t13-,14+/m1/s1. The molecule has 3 heterocycles. The minimum absolute atomic E-state index is 0.126. The lowest BCUT2D eigenvalue weighted by atomic mass is 9.89. The second kappa shape index (κ2) is 6.62. The maximum atomic E-state index is 12.9. The molecule has 0 spiro atoms. The van der Waals surface area contributed by atoms with Crippen molar-refractivity contribution in [2.45, 2.75) is 25.8 Å². The molecule has 0 aliphatic carbocycles. The van der Waals surface area contributed by atoms with Crippen LogP contribution in [-0.2, 0) is 20.7 Å². The van der Waals surface area contributed by atoms with Gasteiger partial charge in [-0.25, -0.2) is 17.7 Å². The lowest BCUT2D eigenvalue weighted by Crippen LogP contribution is -2.43. The number of sulfonamides is 1. The molecule has 2 atom stereocenters. The van der Waals surface area contributed by atoms with Gasteiger partial charge in [0.25, 0.3) is 5.91 Å². The molecular weight excluding hydrogens is 380 g/mol. The van der Waals surface area contributed by atoms with Crippen LogP contribution in [0.2, 0.25) is 0 Å². The third kappa shape index (κ3) is 2.99. The largest absolute Gasteiger partial charge is 0.324 e. The van der Waals surface area contributed by atoms with E-state index in [0.717, 1.165) is 10.6 Å². The molecular formula is C16H19ClN4O4S. The first kappa shape index (κ1) is 18.8. The molecule has 2 amide bonds. The first-order valence-corrected chi connectivity index (χ1v) is 10.5. The molecule has 1 aromatic heterocycles. The number of hydrogen-bond donors (Lipinski definition) is 0. The summed E-state index contributed by atoms with van der Waals surface area (Å²) in [5, 5.41) is 0. The Labute approximate surface area is 156 Å². The van der Waals surface area contributed by atoms with Gasteiger partial charge in [0.1, 0.15) is 5.69 Å². The molecule has 0 radical (unpaired) electrons. The molecule has 140 valence electrons. The van der Waals surface area contributed by atoms with E-state index in [1.165, 1.54) is 17.3 Å². The van der Waals surface area contributed by atoms with Crippen molar-refractivity contribution in [3.8, 4) is 0 Å². The number of halogens is 1. The fraction of sp³-hybridized carbons (Fsp3) is 0.500. The molecule has 0 bridgehead atoms. The average Bonchev–Trinajstić information content (AvgIpc) is 3.09. The zero-order valence-electron chi connectivity index (χ0n) is 14.6. The Bertz CT molecular complexity index is 882. The lowest BCUT2D eigenvalue weighted by Gasteiger charge is -2.28. The van der Waals surface area contributed by atoms with E-state index in [9.17, 15) is 18.0 Å². The first-order valence-electron chi connectivity index (χ1n) is 8.09. The highest BCUT2D eigenvalue weighted by molar-refractivity contribution is 7.89. The molecule has 3 rings (SSSR count). The van der Waals surface area contributed by atoms with E-state index in [1.807, 2.05) is 13.8 Å². The van der Waals surface area contributed by atoms with E-state index in [0.29, 0.717) is 11.4 Å². The highest BCUT2D eigenvalue weighted by atomic mass is 35.5. The van der Waals surface area contributed by atoms with Gasteiger partial charge >= 0.3 is 0 Å². The van der Waals surface area contributed by atoms with Gasteiger partial charge in [0.2, 0.25) is 15.9 Å². The van der Waals surface area contributed by atoms with E-state index in [2.05, 4.69) is 9.97 Å². The Morgan fingerprint density at radius 3 is 2.54 bits per heavy atom. The number of fused-ring (bicyclic) bond motifs is 1. The lowest BCUT2D eigenvalue weighted by molar-refractivity contribution is -0.128. The van der Waals surface area contributed by atoms with Crippen LogP contribution in [0.5, 0.6) is 0 Å². The summed E-state index contributed by atoms with van der Waals surface area (Å²) in [4.78, 5) is 35.3. The van der Waals surface area contributed by atoms with Crippen molar-refractivity contribution < 1.29 is 18.0 Å². The number of amides is 2.